The van der Waals surface area contributed by atoms with Crippen LogP contribution in [0.5, 0.6) is 5.75 Å². The molecular formula is C34H41N5O5. The third kappa shape index (κ3) is 8.58. The molecule has 0 aromatic heterocycles. The lowest BCUT2D eigenvalue weighted by Gasteiger charge is -2.31. The lowest BCUT2D eigenvalue weighted by molar-refractivity contribution is -0.123. The number of aromatic hydroxyl groups is 1. The van der Waals surface area contributed by atoms with Crippen molar-refractivity contribution in [2.75, 3.05) is 43.4 Å². The Labute approximate surface area is 258 Å². The Morgan fingerprint density at radius 2 is 1.52 bits per heavy atom. The Kier molecular flexibility index (Phi) is 10.5. The van der Waals surface area contributed by atoms with Gasteiger partial charge in [0.2, 0.25) is 11.8 Å². The third-order valence-corrected chi connectivity index (χ3v) is 8.46. The van der Waals surface area contributed by atoms with Gasteiger partial charge in [-0.05, 0) is 56.5 Å². The van der Waals surface area contributed by atoms with Crippen LogP contribution in [0, 0.1) is 5.92 Å². The van der Waals surface area contributed by atoms with Gasteiger partial charge in [-0.15, -0.1) is 0 Å². The van der Waals surface area contributed by atoms with E-state index in [1.807, 2.05) is 60.7 Å². The summed E-state index contributed by atoms with van der Waals surface area (Å²) in [4.78, 5) is 41.1. The van der Waals surface area contributed by atoms with Crippen LogP contribution in [0.15, 0.2) is 72.8 Å². The number of hydrogen-bond acceptors (Lipinski definition) is 7. The first-order valence-corrected chi connectivity index (χ1v) is 15.3. The van der Waals surface area contributed by atoms with Crippen LogP contribution in [0.3, 0.4) is 0 Å². The molecule has 2 aliphatic rings. The summed E-state index contributed by atoms with van der Waals surface area (Å²) in [6.45, 7) is 4.15. The lowest BCUT2D eigenvalue weighted by atomic mass is 9.96. The van der Waals surface area contributed by atoms with E-state index in [1.165, 1.54) is 0 Å². The van der Waals surface area contributed by atoms with E-state index in [4.69, 9.17) is 10.5 Å². The third-order valence-electron chi connectivity index (χ3n) is 8.46. The van der Waals surface area contributed by atoms with E-state index in [9.17, 15) is 19.5 Å². The van der Waals surface area contributed by atoms with Gasteiger partial charge in [0, 0.05) is 61.4 Å². The van der Waals surface area contributed by atoms with E-state index < -0.39 is 6.09 Å². The van der Waals surface area contributed by atoms with Crippen molar-refractivity contribution >= 4 is 29.3 Å². The fourth-order valence-corrected chi connectivity index (χ4v) is 5.88. The van der Waals surface area contributed by atoms with E-state index in [-0.39, 0.29) is 29.6 Å². The highest BCUT2D eigenvalue weighted by Gasteiger charge is 2.25. The lowest BCUT2D eigenvalue weighted by Crippen LogP contribution is -2.39. The Morgan fingerprint density at radius 1 is 0.841 bits per heavy atom. The number of phenolic OH excluding ortho intramolecular Hbond substituents is 1. The minimum atomic E-state index is -0.465. The first kappa shape index (κ1) is 31.0. The van der Waals surface area contributed by atoms with E-state index in [2.05, 4.69) is 20.4 Å². The molecule has 232 valence electrons. The average molecular weight is 600 g/mol. The van der Waals surface area contributed by atoms with E-state index in [0.717, 1.165) is 55.7 Å². The van der Waals surface area contributed by atoms with Crippen LogP contribution in [0.1, 0.15) is 37.7 Å². The predicted octanol–water partition coefficient (Wildman–Crippen LogP) is 4.80. The fraction of sp³-hybridized carbons (Fsp3) is 0.382. The summed E-state index contributed by atoms with van der Waals surface area (Å²) in [5, 5.41) is 16.3. The molecule has 5 rings (SSSR count). The first-order chi connectivity index (χ1) is 21.3. The standard InChI is InChI=1S/C34H41N5O5/c35-33(42)25-12-17-39(18-13-25)23-26-10-11-27(22-31(26)40)36-32(41)16-21-38-19-14-28(15-20-38)44-34(43)37-30-9-5-4-8-29(30)24-6-2-1-3-7-24/h1-11,22,25,28,40H,12-21,23H2,(H2,35,42)(H,36,41)(H,37,43). The number of anilines is 2. The van der Waals surface area contributed by atoms with Gasteiger partial charge in [-0.2, -0.15) is 0 Å². The second kappa shape index (κ2) is 14.9. The van der Waals surface area contributed by atoms with Gasteiger partial charge < -0.3 is 25.8 Å². The van der Waals surface area contributed by atoms with Crippen LogP contribution in [-0.2, 0) is 20.9 Å². The molecule has 44 heavy (non-hydrogen) atoms. The minimum Gasteiger partial charge on any atom is -0.508 e. The number of phenols is 1. The van der Waals surface area contributed by atoms with Crippen LogP contribution < -0.4 is 16.4 Å². The van der Waals surface area contributed by atoms with Crippen LogP contribution >= 0.6 is 0 Å². The number of nitrogens with two attached hydrogens (primary N) is 1. The van der Waals surface area contributed by atoms with Gasteiger partial charge in [0.25, 0.3) is 0 Å². The number of rotatable bonds is 10. The number of benzene rings is 3. The van der Waals surface area contributed by atoms with Crippen molar-refractivity contribution < 1.29 is 24.2 Å². The zero-order valence-electron chi connectivity index (χ0n) is 24.9. The van der Waals surface area contributed by atoms with Crippen molar-refractivity contribution in [3.63, 3.8) is 0 Å². The zero-order valence-corrected chi connectivity index (χ0v) is 24.9. The summed E-state index contributed by atoms with van der Waals surface area (Å²) < 4.78 is 5.72. The van der Waals surface area contributed by atoms with Gasteiger partial charge in [-0.3, -0.25) is 19.8 Å². The number of carbonyl (C=O) groups is 3. The molecule has 0 bridgehead atoms. The molecule has 0 spiro atoms. The van der Waals surface area contributed by atoms with Crippen molar-refractivity contribution in [3.8, 4) is 16.9 Å². The molecule has 0 unspecified atom stereocenters. The van der Waals surface area contributed by atoms with Crippen LogP contribution in [0.25, 0.3) is 11.1 Å². The molecule has 2 fully saturated rings. The Balaban J connectivity index is 1.01. The van der Waals surface area contributed by atoms with Gasteiger partial charge in [-0.25, -0.2) is 4.79 Å². The number of primary amides is 1. The molecule has 3 aromatic rings. The molecule has 3 aromatic carbocycles. The Morgan fingerprint density at radius 3 is 2.23 bits per heavy atom. The largest absolute Gasteiger partial charge is 0.508 e. The highest BCUT2D eigenvalue weighted by molar-refractivity contribution is 5.92. The summed E-state index contributed by atoms with van der Waals surface area (Å²) >= 11 is 0. The normalized spacial score (nSPS) is 16.7. The number of nitrogens with one attached hydrogen (secondary N) is 2. The van der Waals surface area contributed by atoms with E-state index in [1.54, 1.807) is 12.1 Å². The Bertz CT molecular complexity index is 1430. The fourth-order valence-electron chi connectivity index (χ4n) is 5.88. The number of hydrogen-bond donors (Lipinski definition) is 4. The molecule has 5 N–H and O–H groups in total. The predicted molar refractivity (Wildman–Crippen MR) is 170 cm³/mol. The SMILES string of the molecule is NC(=O)C1CCN(Cc2ccc(NC(=O)CCN3CCC(OC(=O)Nc4ccccc4-c4ccccc4)CC3)cc2O)CC1. The van der Waals surface area contributed by atoms with Crippen molar-refractivity contribution in [2.24, 2.45) is 11.7 Å². The first-order valence-electron chi connectivity index (χ1n) is 15.3. The van der Waals surface area contributed by atoms with Crippen molar-refractivity contribution in [2.45, 2.75) is 44.8 Å². The summed E-state index contributed by atoms with van der Waals surface area (Å²) in [5.41, 5.74) is 9.40. The maximum absolute atomic E-state index is 12.7. The van der Waals surface area contributed by atoms with Crippen LogP contribution in [0.4, 0.5) is 16.2 Å². The summed E-state index contributed by atoms with van der Waals surface area (Å²) in [7, 11) is 0. The van der Waals surface area contributed by atoms with E-state index >= 15 is 0 Å². The van der Waals surface area contributed by atoms with Crippen LogP contribution in [-0.4, -0.2) is 71.6 Å². The minimum absolute atomic E-state index is 0.0715. The van der Waals surface area contributed by atoms with E-state index in [0.29, 0.717) is 43.7 Å². The van der Waals surface area contributed by atoms with Crippen LogP contribution in [0.2, 0.25) is 0 Å². The van der Waals surface area contributed by atoms with Gasteiger partial charge in [-0.1, -0.05) is 54.6 Å². The number of nitrogens with zero attached hydrogens (tertiary/aromatic N) is 2. The topological polar surface area (TPSA) is 137 Å². The molecule has 10 nitrogen and oxygen atoms in total. The second-order valence-electron chi connectivity index (χ2n) is 11.6. The molecule has 0 radical (unpaired) electrons. The van der Waals surface area contributed by atoms with Gasteiger partial charge in [0.15, 0.2) is 0 Å². The molecule has 3 amide bonds. The molecule has 2 aliphatic heterocycles. The summed E-state index contributed by atoms with van der Waals surface area (Å²) in [6.07, 6.45) is 2.53. The molecule has 0 aliphatic carbocycles. The maximum Gasteiger partial charge on any atom is 0.411 e. The second-order valence-corrected chi connectivity index (χ2v) is 11.6. The van der Waals surface area contributed by atoms with Crippen molar-refractivity contribution in [1.82, 2.24) is 9.80 Å². The number of carbonyl (C=O) groups excluding carboxylic acids is 3. The van der Waals surface area contributed by atoms with Crippen molar-refractivity contribution in [1.29, 1.82) is 0 Å². The number of piperidine rings is 2. The summed E-state index contributed by atoms with van der Waals surface area (Å²) in [6, 6.07) is 22.8. The van der Waals surface area contributed by atoms with Gasteiger partial charge in [0.1, 0.15) is 11.9 Å². The monoisotopic (exact) mass is 599 g/mol. The van der Waals surface area contributed by atoms with Crippen molar-refractivity contribution in [3.05, 3.63) is 78.4 Å². The zero-order chi connectivity index (χ0) is 30.9. The number of amides is 3. The molecule has 2 saturated heterocycles. The highest BCUT2D eigenvalue weighted by Crippen LogP contribution is 2.28. The average Bonchev–Trinajstić information content (AvgIpc) is 3.03. The van der Waals surface area contributed by atoms with Gasteiger partial charge >= 0.3 is 6.09 Å². The maximum atomic E-state index is 12.7. The molecule has 0 atom stereocenters. The number of ether oxygens (including phenoxy) is 1. The number of para-hydroxylation sites is 1. The smallest absolute Gasteiger partial charge is 0.411 e. The number of likely N-dealkylation sites (tertiary alicyclic amines) is 2. The Hall–Kier alpha value is -4.41. The molecule has 0 saturated carbocycles. The van der Waals surface area contributed by atoms with Gasteiger partial charge in [0.05, 0.1) is 5.69 Å². The summed E-state index contributed by atoms with van der Waals surface area (Å²) in [5.74, 6) is -0.305. The molecule has 2 heterocycles. The quantitative estimate of drug-likeness (QED) is 0.263. The molecular weight excluding hydrogens is 558 g/mol. The molecule has 10 heteroatoms. The highest BCUT2D eigenvalue weighted by atomic mass is 16.6.